The Kier molecular flexibility index (Phi) is 6.15. The molecule has 0 aromatic heterocycles. The Morgan fingerprint density at radius 3 is 1.93 bits per heavy atom. The lowest BCUT2D eigenvalue weighted by atomic mass is 9.78. The van der Waals surface area contributed by atoms with Crippen molar-refractivity contribution >= 4 is 28.1 Å². The van der Waals surface area contributed by atoms with Gasteiger partial charge in [-0.2, -0.15) is 5.10 Å². The molecule has 5 heteroatoms. The lowest BCUT2D eigenvalue weighted by molar-refractivity contribution is 0.0955. The van der Waals surface area contributed by atoms with Crippen LogP contribution in [0.2, 0.25) is 0 Å². The van der Waals surface area contributed by atoms with Gasteiger partial charge in [0.15, 0.2) is 0 Å². The average Bonchev–Trinajstić information content (AvgIpc) is 2.54. The highest BCUT2D eigenvalue weighted by Crippen LogP contribution is 2.39. The molecule has 2 N–H and O–H groups in total. The molecule has 0 radical (unpaired) electrons. The highest BCUT2D eigenvalue weighted by atomic mass is 79.9. The molecule has 0 saturated carbocycles. The molecule has 0 atom stereocenters. The second kappa shape index (κ2) is 7.85. The van der Waals surface area contributed by atoms with Gasteiger partial charge in [-0.05, 0) is 52.8 Å². The number of halogens is 1. The van der Waals surface area contributed by atoms with Gasteiger partial charge in [0.2, 0.25) is 0 Å². The number of hydrogen-bond acceptors (Lipinski definition) is 3. The van der Waals surface area contributed by atoms with E-state index in [1.807, 2.05) is 24.3 Å². The molecular formula is C22H27BrN2O2. The normalized spacial score (nSPS) is 12.4. The van der Waals surface area contributed by atoms with E-state index in [0.717, 1.165) is 21.2 Å². The van der Waals surface area contributed by atoms with Crippen molar-refractivity contribution in [3.8, 4) is 5.75 Å². The smallest absolute Gasteiger partial charge is 0.271 e. The third kappa shape index (κ3) is 5.42. The predicted molar refractivity (Wildman–Crippen MR) is 115 cm³/mol. The number of carbonyl (C=O) groups is 1. The van der Waals surface area contributed by atoms with E-state index in [9.17, 15) is 9.90 Å². The number of benzene rings is 2. The first kappa shape index (κ1) is 21.2. The summed E-state index contributed by atoms with van der Waals surface area (Å²) in [5, 5.41) is 14.8. The molecule has 0 aliphatic rings. The van der Waals surface area contributed by atoms with Crippen molar-refractivity contribution in [3.05, 3.63) is 63.1 Å². The molecule has 0 saturated heterocycles. The maximum absolute atomic E-state index is 12.2. The zero-order valence-electron chi connectivity index (χ0n) is 16.7. The molecule has 144 valence electrons. The maximum Gasteiger partial charge on any atom is 0.271 e. The van der Waals surface area contributed by atoms with Crippen LogP contribution in [-0.2, 0) is 10.8 Å². The zero-order chi connectivity index (χ0) is 20.4. The number of nitrogens with one attached hydrogen (secondary N) is 1. The predicted octanol–water partition coefficient (Wildman–Crippen LogP) is 5.51. The third-order valence-electron chi connectivity index (χ3n) is 4.23. The second-order valence-corrected chi connectivity index (χ2v) is 9.59. The van der Waals surface area contributed by atoms with Crippen LogP contribution in [0.4, 0.5) is 0 Å². The summed E-state index contributed by atoms with van der Waals surface area (Å²) in [6.07, 6.45) is 1.61. The molecule has 0 heterocycles. The number of phenols is 1. The standard InChI is InChI=1S/C22H27BrN2O2/c1-21(2,3)17-11-14(12-18(19(17)26)22(4,5)6)13-24-25-20(27)15-7-9-16(23)10-8-15/h7-13,26H,1-6H3,(H,25,27)/b24-13+. The molecule has 4 nitrogen and oxygen atoms in total. The Hall–Kier alpha value is -2.14. The van der Waals surface area contributed by atoms with Crippen molar-refractivity contribution < 1.29 is 9.90 Å². The molecule has 0 aliphatic carbocycles. The van der Waals surface area contributed by atoms with Gasteiger partial charge in [0, 0.05) is 21.2 Å². The van der Waals surface area contributed by atoms with Crippen LogP contribution < -0.4 is 5.43 Å². The van der Waals surface area contributed by atoms with E-state index >= 15 is 0 Å². The van der Waals surface area contributed by atoms with Crippen molar-refractivity contribution in [1.29, 1.82) is 0 Å². The molecular weight excluding hydrogens is 404 g/mol. The number of carbonyl (C=O) groups excluding carboxylic acids is 1. The van der Waals surface area contributed by atoms with Gasteiger partial charge >= 0.3 is 0 Å². The summed E-state index contributed by atoms with van der Waals surface area (Å²) < 4.78 is 0.913. The summed E-state index contributed by atoms with van der Waals surface area (Å²) >= 11 is 3.35. The summed E-state index contributed by atoms with van der Waals surface area (Å²) in [4.78, 5) is 12.2. The van der Waals surface area contributed by atoms with Crippen LogP contribution in [-0.4, -0.2) is 17.2 Å². The van der Waals surface area contributed by atoms with Gasteiger partial charge in [-0.15, -0.1) is 0 Å². The van der Waals surface area contributed by atoms with E-state index in [1.54, 1.807) is 18.3 Å². The number of nitrogens with zero attached hydrogens (tertiary/aromatic N) is 1. The van der Waals surface area contributed by atoms with Gasteiger partial charge in [0.25, 0.3) is 5.91 Å². The van der Waals surface area contributed by atoms with Gasteiger partial charge in [0.1, 0.15) is 5.75 Å². The molecule has 1 amide bonds. The highest BCUT2D eigenvalue weighted by molar-refractivity contribution is 9.10. The van der Waals surface area contributed by atoms with Gasteiger partial charge in [-0.1, -0.05) is 57.5 Å². The largest absolute Gasteiger partial charge is 0.507 e. The van der Waals surface area contributed by atoms with E-state index in [0.29, 0.717) is 11.3 Å². The number of rotatable bonds is 3. The first-order chi connectivity index (χ1) is 12.4. The number of aromatic hydroxyl groups is 1. The van der Waals surface area contributed by atoms with Crippen molar-refractivity contribution in [3.63, 3.8) is 0 Å². The number of hydrogen-bond donors (Lipinski definition) is 2. The molecule has 2 rings (SSSR count). The zero-order valence-corrected chi connectivity index (χ0v) is 18.3. The van der Waals surface area contributed by atoms with Gasteiger partial charge < -0.3 is 5.11 Å². The number of phenolic OH excluding ortho intramolecular Hbond substituents is 1. The monoisotopic (exact) mass is 430 g/mol. The van der Waals surface area contributed by atoms with E-state index < -0.39 is 0 Å². The van der Waals surface area contributed by atoms with Crippen LogP contribution >= 0.6 is 15.9 Å². The summed E-state index contributed by atoms with van der Waals surface area (Å²) in [6, 6.07) is 10.9. The van der Waals surface area contributed by atoms with E-state index in [2.05, 4.69) is 68.0 Å². The Bertz CT molecular complexity index is 822. The summed E-state index contributed by atoms with van der Waals surface area (Å²) in [5.41, 5.74) is 5.20. The first-order valence-electron chi connectivity index (χ1n) is 8.86. The lowest BCUT2D eigenvalue weighted by Crippen LogP contribution is -2.19. The summed E-state index contributed by atoms with van der Waals surface area (Å²) in [7, 11) is 0. The Balaban J connectivity index is 2.31. The van der Waals surface area contributed by atoms with Crippen LogP contribution in [0.25, 0.3) is 0 Å². The topological polar surface area (TPSA) is 61.7 Å². The van der Waals surface area contributed by atoms with Crippen molar-refractivity contribution in [2.24, 2.45) is 5.10 Å². The minimum atomic E-state index is -0.274. The summed E-state index contributed by atoms with van der Waals surface area (Å²) in [5.74, 6) is 0.0515. The van der Waals surface area contributed by atoms with Crippen molar-refractivity contribution in [2.75, 3.05) is 0 Å². The van der Waals surface area contributed by atoms with Crippen LogP contribution in [0.1, 0.15) is 68.6 Å². The van der Waals surface area contributed by atoms with Crippen LogP contribution in [0.5, 0.6) is 5.75 Å². The Morgan fingerprint density at radius 2 is 1.48 bits per heavy atom. The van der Waals surface area contributed by atoms with Crippen molar-refractivity contribution in [1.82, 2.24) is 5.43 Å². The third-order valence-corrected chi connectivity index (χ3v) is 4.76. The van der Waals surface area contributed by atoms with E-state index in [-0.39, 0.29) is 16.7 Å². The minimum absolute atomic E-state index is 0.214. The van der Waals surface area contributed by atoms with Crippen LogP contribution in [0, 0.1) is 0 Å². The molecule has 0 unspecified atom stereocenters. The fraction of sp³-hybridized carbons (Fsp3) is 0.364. The molecule has 27 heavy (non-hydrogen) atoms. The SMILES string of the molecule is CC(C)(C)c1cc(/C=N/NC(=O)c2ccc(Br)cc2)cc(C(C)(C)C)c1O. The Labute approximate surface area is 169 Å². The second-order valence-electron chi connectivity index (χ2n) is 8.67. The average molecular weight is 431 g/mol. The van der Waals surface area contributed by atoms with E-state index in [4.69, 9.17) is 0 Å². The van der Waals surface area contributed by atoms with Crippen molar-refractivity contribution in [2.45, 2.75) is 52.4 Å². The first-order valence-corrected chi connectivity index (χ1v) is 9.66. The summed E-state index contributed by atoms with van der Waals surface area (Å²) in [6.45, 7) is 12.4. The molecule has 0 aliphatic heterocycles. The fourth-order valence-corrected chi connectivity index (χ4v) is 2.97. The number of amides is 1. The van der Waals surface area contributed by atoms with Crippen LogP contribution in [0.3, 0.4) is 0 Å². The minimum Gasteiger partial charge on any atom is -0.507 e. The molecule has 0 fully saturated rings. The maximum atomic E-state index is 12.2. The van der Waals surface area contributed by atoms with Gasteiger partial charge in [-0.3, -0.25) is 4.79 Å². The van der Waals surface area contributed by atoms with Gasteiger partial charge in [0.05, 0.1) is 6.21 Å². The van der Waals surface area contributed by atoms with Crippen LogP contribution in [0.15, 0.2) is 46.0 Å². The van der Waals surface area contributed by atoms with Gasteiger partial charge in [-0.25, -0.2) is 5.43 Å². The Morgan fingerprint density at radius 1 is 1.00 bits per heavy atom. The quantitative estimate of drug-likeness (QED) is 0.497. The molecule has 0 spiro atoms. The lowest BCUT2D eigenvalue weighted by Gasteiger charge is -2.27. The molecule has 2 aromatic rings. The highest BCUT2D eigenvalue weighted by Gasteiger charge is 2.26. The fourth-order valence-electron chi connectivity index (χ4n) is 2.71. The molecule has 2 aromatic carbocycles. The molecule has 0 bridgehead atoms. The van der Waals surface area contributed by atoms with E-state index in [1.165, 1.54) is 0 Å². The number of hydrazone groups is 1.